The molecule has 0 saturated carbocycles. The minimum atomic E-state index is -4.37. The predicted molar refractivity (Wildman–Crippen MR) is 111 cm³/mol. The van der Waals surface area contributed by atoms with Crippen LogP contribution in [0.4, 0.5) is 5.95 Å². The SMILES string of the molecule is C=CC(=O)NCCCCOP(=O)(O)OCC1OC(n2cnc3c(=O)[nH]c(N)nc32)CC1O. The average molecular weight is 472 g/mol. The Hall–Kier alpha value is -2.61. The third-order valence-corrected chi connectivity index (χ3v) is 5.66. The summed E-state index contributed by atoms with van der Waals surface area (Å²) in [5.74, 6) is -0.394. The second-order valence-electron chi connectivity index (χ2n) is 7.01. The summed E-state index contributed by atoms with van der Waals surface area (Å²) in [5.41, 5.74) is 5.32. The summed E-state index contributed by atoms with van der Waals surface area (Å²) in [6.07, 6.45) is 0.885. The van der Waals surface area contributed by atoms with Gasteiger partial charge in [-0.3, -0.25) is 28.2 Å². The number of nitrogens with zero attached hydrogens (tertiary/aromatic N) is 3. The van der Waals surface area contributed by atoms with Crippen LogP contribution in [0, 0.1) is 0 Å². The zero-order chi connectivity index (χ0) is 23.3. The van der Waals surface area contributed by atoms with Crippen molar-refractivity contribution in [2.75, 3.05) is 25.5 Å². The first-order valence-electron chi connectivity index (χ1n) is 9.78. The summed E-state index contributed by atoms with van der Waals surface area (Å²) in [6.45, 7) is 3.25. The van der Waals surface area contributed by atoms with Crippen LogP contribution in [-0.2, 0) is 23.1 Å². The Morgan fingerprint density at radius 3 is 3.03 bits per heavy atom. The zero-order valence-electron chi connectivity index (χ0n) is 17.0. The van der Waals surface area contributed by atoms with Crippen LogP contribution in [0.3, 0.4) is 0 Å². The molecular weight excluding hydrogens is 447 g/mol. The maximum Gasteiger partial charge on any atom is 0.472 e. The highest BCUT2D eigenvalue weighted by molar-refractivity contribution is 7.47. The fraction of sp³-hybridized carbons (Fsp3) is 0.529. The number of aliphatic hydroxyl groups is 1. The third kappa shape index (κ3) is 6.00. The number of aromatic nitrogens is 4. The number of carbonyl (C=O) groups is 1. The number of aliphatic hydroxyl groups excluding tert-OH is 1. The van der Waals surface area contributed by atoms with E-state index in [4.69, 9.17) is 19.5 Å². The first-order chi connectivity index (χ1) is 15.2. The number of nitrogens with one attached hydrogen (secondary N) is 2. The Morgan fingerprint density at radius 1 is 1.50 bits per heavy atom. The van der Waals surface area contributed by atoms with Gasteiger partial charge in [-0.2, -0.15) is 4.98 Å². The van der Waals surface area contributed by atoms with E-state index in [1.54, 1.807) is 0 Å². The summed E-state index contributed by atoms with van der Waals surface area (Å²) in [7, 11) is -4.37. The van der Waals surface area contributed by atoms with Crippen LogP contribution in [0.5, 0.6) is 0 Å². The van der Waals surface area contributed by atoms with Gasteiger partial charge in [0.15, 0.2) is 11.2 Å². The number of nitrogen functional groups attached to an aromatic ring is 1. The number of rotatable bonds is 11. The molecule has 2 aromatic rings. The fourth-order valence-electron chi connectivity index (χ4n) is 3.09. The number of aromatic amines is 1. The topological polar surface area (TPSA) is 204 Å². The van der Waals surface area contributed by atoms with E-state index in [0.717, 1.165) is 6.08 Å². The lowest BCUT2D eigenvalue weighted by Crippen LogP contribution is -2.26. The molecule has 1 aliphatic heterocycles. The Kier molecular flexibility index (Phi) is 7.77. The number of phosphoric ester groups is 1. The van der Waals surface area contributed by atoms with Crippen molar-refractivity contribution in [1.29, 1.82) is 0 Å². The van der Waals surface area contributed by atoms with E-state index in [-0.39, 0.29) is 36.0 Å². The van der Waals surface area contributed by atoms with E-state index >= 15 is 0 Å². The standard InChI is InChI=1S/C17H25N6O8P/c1-2-12(25)19-5-3-4-6-29-32(27,28)30-8-11-10(24)7-13(31-11)23-9-20-14-15(23)21-17(18)22-16(14)26/h2,9-11,13,24H,1,3-8H2,(H,19,25)(H,27,28)(H3,18,21,22,26). The molecule has 176 valence electrons. The number of imidazole rings is 1. The van der Waals surface area contributed by atoms with Gasteiger partial charge < -0.3 is 25.8 Å². The molecule has 15 heteroatoms. The molecule has 1 fully saturated rings. The van der Waals surface area contributed by atoms with Gasteiger partial charge in [0, 0.05) is 13.0 Å². The molecule has 32 heavy (non-hydrogen) atoms. The van der Waals surface area contributed by atoms with E-state index < -0.39 is 38.4 Å². The van der Waals surface area contributed by atoms with Crippen molar-refractivity contribution < 1.29 is 33.1 Å². The molecular formula is C17H25N6O8P. The number of hydrogen-bond donors (Lipinski definition) is 5. The Bertz CT molecular complexity index is 1070. The van der Waals surface area contributed by atoms with Gasteiger partial charge in [0.1, 0.15) is 12.3 Å². The zero-order valence-corrected chi connectivity index (χ0v) is 17.9. The van der Waals surface area contributed by atoms with Crippen molar-refractivity contribution in [3.8, 4) is 0 Å². The van der Waals surface area contributed by atoms with Gasteiger partial charge in [-0.1, -0.05) is 6.58 Å². The average Bonchev–Trinajstić information content (AvgIpc) is 3.32. The van der Waals surface area contributed by atoms with Crippen LogP contribution in [0.25, 0.3) is 11.2 Å². The number of ether oxygens (including phenoxy) is 1. The van der Waals surface area contributed by atoms with Gasteiger partial charge in [-0.15, -0.1) is 0 Å². The van der Waals surface area contributed by atoms with Gasteiger partial charge in [-0.25, -0.2) is 9.55 Å². The first kappa shape index (κ1) is 24.0. The second-order valence-corrected chi connectivity index (χ2v) is 8.46. The molecule has 0 radical (unpaired) electrons. The van der Waals surface area contributed by atoms with Crippen LogP contribution in [0.1, 0.15) is 25.5 Å². The van der Waals surface area contributed by atoms with E-state index in [0.29, 0.717) is 19.4 Å². The monoisotopic (exact) mass is 472 g/mol. The third-order valence-electron chi connectivity index (χ3n) is 4.68. The Morgan fingerprint density at radius 2 is 2.28 bits per heavy atom. The molecule has 14 nitrogen and oxygen atoms in total. The van der Waals surface area contributed by atoms with Crippen LogP contribution in [0.2, 0.25) is 0 Å². The first-order valence-corrected chi connectivity index (χ1v) is 11.3. The lowest BCUT2D eigenvalue weighted by atomic mass is 10.2. The summed E-state index contributed by atoms with van der Waals surface area (Å²) >= 11 is 0. The number of anilines is 1. The van der Waals surface area contributed by atoms with Crippen molar-refractivity contribution in [2.45, 2.75) is 37.7 Å². The molecule has 0 bridgehead atoms. The number of hydrogen-bond acceptors (Lipinski definition) is 10. The highest BCUT2D eigenvalue weighted by Gasteiger charge is 2.38. The van der Waals surface area contributed by atoms with Crippen molar-refractivity contribution in [3.05, 3.63) is 29.3 Å². The number of phosphoric acid groups is 1. The molecule has 3 heterocycles. The highest BCUT2D eigenvalue weighted by Crippen LogP contribution is 2.44. The van der Waals surface area contributed by atoms with E-state index in [9.17, 15) is 24.2 Å². The van der Waals surface area contributed by atoms with Crippen molar-refractivity contribution in [2.24, 2.45) is 0 Å². The summed E-state index contributed by atoms with van der Waals surface area (Å²) in [4.78, 5) is 43.1. The van der Waals surface area contributed by atoms with Gasteiger partial charge in [0.25, 0.3) is 5.56 Å². The van der Waals surface area contributed by atoms with Gasteiger partial charge in [-0.05, 0) is 18.9 Å². The number of fused-ring (bicyclic) bond motifs is 1. The largest absolute Gasteiger partial charge is 0.472 e. The fourth-order valence-corrected chi connectivity index (χ4v) is 3.85. The smallest absolute Gasteiger partial charge is 0.390 e. The van der Waals surface area contributed by atoms with E-state index in [1.165, 1.54) is 10.9 Å². The van der Waals surface area contributed by atoms with Crippen molar-refractivity contribution >= 4 is 30.8 Å². The molecule has 1 aliphatic rings. The number of amides is 1. The molecule has 1 saturated heterocycles. The summed E-state index contributed by atoms with van der Waals surface area (Å²) in [6, 6.07) is 0. The molecule has 4 atom stereocenters. The second kappa shape index (κ2) is 10.3. The normalized spacial score (nSPS) is 22.6. The molecule has 0 aliphatic carbocycles. The van der Waals surface area contributed by atoms with E-state index in [2.05, 4.69) is 26.8 Å². The lowest BCUT2D eigenvalue weighted by Gasteiger charge is -2.18. The Balaban J connectivity index is 1.48. The predicted octanol–water partition coefficient (Wildman–Crippen LogP) is -0.434. The molecule has 3 rings (SSSR count). The minimum Gasteiger partial charge on any atom is -0.390 e. The number of H-pyrrole nitrogens is 1. The maximum atomic E-state index is 12.0. The molecule has 6 N–H and O–H groups in total. The Labute approximate surface area is 182 Å². The van der Waals surface area contributed by atoms with E-state index in [1.807, 2.05) is 0 Å². The molecule has 0 aromatic carbocycles. The van der Waals surface area contributed by atoms with Crippen LogP contribution < -0.4 is 16.6 Å². The lowest BCUT2D eigenvalue weighted by molar-refractivity contribution is -0.116. The maximum absolute atomic E-state index is 12.0. The van der Waals surface area contributed by atoms with Crippen molar-refractivity contribution in [1.82, 2.24) is 24.8 Å². The molecule has 0 spiro atoms. The molecule has 2 aromatic heterocycles. The van der Waals surface area contributed by atoms with Crippen LogP contribution in [-0.4, -0.2) is 67.4 Å². The highest BCUT2D eigenvalue weighted by atomic mass is 31.2. The van der Waals surface area contributed by atoms with Crippen LogP contribution in [0.15, 0.2) is 23.8 Å². The number of carbonyl (C=O) groups excluding carboxylic acids is 1. The van der Waals surface area contributed by atoms with Gasteiger partial charge >= 0.3 is 7.82 Å². The number of nitrogens with two attached hydrogens (primary N) is 1. The summed E-state index contributed by atoms with van der Waals surface area (Å²) in [5, 5.41) is 12.8. The minimum absolute atomic E-state index is 0.0584. The van der Waals surface area contributed by atoms with Gasteiger partial charge in [0.2, 0.25) is 11.9 Å². The summed E-state index contributed by atoms with van der Waals surface area (Å²) < 4.78 is 29.0. The quantitative estimate of drug-likeness (QED) is 0.161. The number of unbranched alkanes of at least 4 members (excludes halogenated alkanes) is 1. The van der Waals surface area contributed by atoms with Crippen molar-refractivity contribution in [3.63, 3.8) is 0 Å². The van der Waals surface area contributed by atoms with Gasteiger partial charge in [0.05, 0.1) is 25.6 Å². The molecule has 1 amide bonds. The van der Waals surface area contributed by atoms with Crippen LogP contribution >= 0.6 is 7.82 Å². The molecule has 4 unspecified atom stereocenters.